The van der Waals surface area contributed by atoms with E-state index in [0.29, 0.717) is 22.9 Å². The van der Waals surface area contributed by atoms with Crippen LogP contribution < -0.4 is 21.1 Å². The summed E-state index contributed by atoms with van der Waals surface area (Å²) >= 11 is 0. The molecule has 2 aromatic carbocycles. The first-order chi connectivity index (χ1) is 17.6. The minimum Gasteiger partial charge on any atom is -0.495 e. The summed E-state index contributed by atoms with van der Waals surface area (Å²) in [6, 6.07) is 16.1. The van der Waals surface area contributed by atoms with Gasteiger partial charge in [0.25, 0.3) is 0 Å². The molecule has 2 fully saturated rings. The summed E-state index contributed by atoms with van der Waals surface area (Å²) in [6.45, 7) is 1.88. The highest BCUT2D eigenvalue weighted by molar-refractivity contribution is 6.00. The van der Waals surface area contributed by atoms with E-state index in [4.69, 9.17) is 15.6 Å². The van der Waals surface area contributed by atoms with Gasteiger partial charge in [-0.2, -0.15) is 5.10 Å². The predicted octanol–water partition coefficient (Wildman–Crippen LogP) is 3.75. The Morgan fingerprint density at radius 3 is 2.72 bits per heavy atom. The number of benzene rings is 2. The molecular formula is C27H29N7O2. The van der Waals surface area contributed by atoms with Crippen molar-refractivity contribution in [2.45, 2.75) is 31.2 Å². The van der Waals surface area contributed by atoms with Gasteiger partial charge >= 0.3 is 0 Å². The number of hydrogen-bond acceptors (Lipinski definition) is 7. The van der Waals surface area contributed by atoms with Crippen molar-refractivity contribution in [1.82, 2.24) is 25.1 Å². The summed E-state index contributed by atoms with van der Waals surface area (Å²) in [6.07, 6.45) is 4.29. The van der Waals surface area contributed by atoms with Gasteiger partial charge in [-0.3, -0.25) is 4.79 Å². The van der Waals surface area contributed by atoms with E-state index in [-0.39, 0.29) is 23.8 Å². The number of hydrogen-bond donors (Lipinski definition) is 3. The van der Waals surface area contributed by atoms with Crippen LogP contribution in [0.2, 0.25) is 0 Å². The average molecular weight is 484 g/mol. The van der Waals surface area contributed by atoms with Crippen LogP contribution in [-0.4, -0.2) is 45.9 Å². The number of nitrogens with two attached hydrogens (primary N) is 1. The number of anilines is 2. The number of amides is 1. The molecule has 1 amide bonds. The highest BCUT2D eigenvalue weighted by Gasteiger charge is 2.44. The van der Waals surface area contributed by atoms with Crippen LogP contribution in [0.15, 0.2) is 54.9 Å². The second-order valence-electron chi connectivity index (χ2n) is 9.50. The number of carbonyl (C=O) groups excluding carboxylic acids is 1. The third-order valence-corrected chi connectivity index (χ3v) is 7.26. The minimum atomic E-state index is -0.0293. The normalized spacial score (nSPS) is 19.8. The van der Waals surface area contributed by atoms with Crippen LogP contribution in [-0.2, 0) is 4.79 Å². The number of ether oxygens (including phenoxy) is 1. The molecule has 184 valence electrons. The molecule has 4 N–H and O–H groups in total. The topological polar surface area (TPSA) is 120 Å². The van der Waals surface area contributed by atoms with Crippen LogP contribution >= 0.6 is 0 Å². The monoisotopic (exact) mass is 483 g/mol. The maximum Gasteiger partial charge on any atom is 0.228 e. The van der Waals surface area contributed by atoms with Gasteiger partial charge in [-0.05, 0) is 56.0 Å². The maximum atomic E-state index is 13.0. The molecule has 0 bridgehead atoms. The van der Waals surface area contributed by atoms with E-state index >= 15 is 0 Å². The fraction of sp³-hybridized carbons (Fsp3) is 0.333. The van der Waals surface area contributed by atoms with Crippen molar-refractivity contribution in [3.63, 3.8) is 0 Å². The predicted molar refractivity (Wildman–Crippen MR) is 139 cm³/mol. The minimum absolute atomic E-state index is 0.00758. The molecule has 1 saturated carbocycles. The molecule has 4 aromatic rings. The molecule has 1 aliphatic heterocycles. The van der Waals surface area contributed by atoms with Crippen molar-refractivity contribution >= 4 is 28.4 Å². The number of aromatic nitrogens is 4. The van der Waals surface area contributed by atoms with Gasteiger partial charge in [0.15, 0.2) is 5.65 Å². The highest BCUT2D eigenvalue weighted by Crippen LogP contribution is 2.48. The molecule has 9 nitrogen and oxygen atoms in total. The van der Waals surface area contributed by atoms with Gasteiger partial charge in [0.2, 0.25) is 5.91 Å². The van der Waals surface area contributed by atoms with E-state index in [1.165, 1.54) is 11.9 Å². The molecule has 6 rings (SSSR count). The van der Waals surface area contributed by atoms with E-state index in [9.17, 15) is 4.79 Å². The largest absolute Gasteiger partial charge is 0.495 e. The van der Waals surface area contributed by atoms with Crippen LogP contribution in [0.3, 0.4) is 0 Å². The number of nitrogens with zero attached hydrogens (tertiary/aromatic N) is 4. The molecule has 0 spiro atoms. The SMILES string of the molecule is COc1cc(-c2nn(C3CCNCC3)c3ncnc(N)c23)ccc1NC(=O)C1CC1c1ccccc1. The summed E-state index contributed by atoms with van der Waals surface area (Å²) in [4.78, 5) is 21.7. The fourth-order valence-corrected chi connectivity index (χ4v) is 5.22. The van der Waals surface area contributed by atoms with Gasteiger partial charge in [-0.25, -0.2) is 14.6 Å². The molecule has 2 atom stereocenters. The van der Waals surface area contributed by atoms with Crippen LogP contribution in [0.1, 0.15) is 36.8 Å². The summed E-state index contributed by atoms with van der Waals surface area (Å²) in [5, 5.41) is 12.1. The average Bonchev–Trinajstić information content (AvgIpc) is 3.64. The Morgan fingerprint density at radius 1 is 1.14 bits per heavy atom. The molecule has 2 unspecified atom stereocenters. The Bertz CT molecular complexity index is 1410. The Balaban J connectivity index is 1.29. The van der Waals surface area contributed by atoms with Crippen molar-refractivity contribution in [1.29, 1.82) is 0 Å². The van der Waals surface area contributed by atoms with Crippen molar-refractivity contribution < 1.29 is 9.53 Å². The van der Waals surface area contributed by atoms with E-state index < -0.39 is 0 Å². The van der Waals surface area contributed by atoms with Gasteiger partial charge in [0, 0.05) is 11.5 Å². The Kier molecular flexibility index (Phi) is 5.77. The third kappa shape index (κ3) is 4.05. The second-order valence-corrected chi connectivity index (χ2v) is 9.50. The maximum absolute atomic E-state index is 13.0. The van der Waals surface area contributed by atoms with E-state index in [2.05, 4.69) is 32.7 Å². The lowest BCUT2D eigenvalue weighted by Gasteiger charge is -2.23. The van der Waals surface area contributed by atoms with Crippen molar-refractivity contribution in [3.8, 4) is 17.0 Å². The lowest BCUT2D eigenvalue weighted by Crippen LogP contribution is -2.30. The van der Waals surface area contributed by atoms with Gasteiger partial charge in [0.1, 0.15) is 23.6 Å². The quantitative estimate of drug-likeness (QED) is 0.382. The third-order valence-electron chi connectivity index (χ3n) is 7.26. The number of carbonyl (C=O) groups is 1. The lowest BCUT2D eigenvalue weighted by molar-refractivity contribution is -0.117. The molecule has 2 aliphatic rings. The summed E-state index contributed by atoms with van der Waals surface area (Å²) in [5.41, 5.74) is 10.4. The van der Waals surface area contributed by atoms with Gasteiger partial charge < -0.3 is 21.1 Å². The first-order valence-corrected chi connectivity index (χ1v) is 12.4. The number of methoxy groups -OCH3 is 1. The Hall–Kier alpha value is -3.98. The number of fused-ring (bicyclic) bond motifs is 1. The van der Waals surface area contributed by atoms with Crippen molar-refractivity contribution in [2.24, 2.45) is 5.92 Å². The highest BCUT2D eigenvalue weighted by atomic mass is 16.5. The Morgan fingerprint density at radius 2 is 1.94 bits per heavy atom. The van der Waals surface area contributed by atoms with Gasteiger partial charge in [-0.15, -0.1) is 0 Å². The molecule has 9 heteroatoms. The van der Waals surface area contributed by atoms with Gasteiger partial charge in [-0.1, -0.05) is 36.4 Å². The molecule has 1 saturated heterocycles. The summed E-state index contributed by atoms with van der Waals surface area (Å²) in [5.74, 6) is 1.21. The van der Waals surface area contributed by atoms with Crippen LogP contribution in [0.5, 0.6) is 5.75 Å². The fourth-order valence-electron chi connectivity index (χ4n) is 5.22. The van der Waals surface area contributed by atoms with Gasteiger partial charge in [0.05, 0.1) is 24.2 Å². The zero-order chi connectivity index (χ0) is 24.6. The number of nitrogen functional groups attached to an aromatic ring is 1. The standard InChI is InChI=1S/C27H29N7O2/c1-36-22-13-17(7-8-21(22)32-27(35)20-14-19(20)16-5-3-2-4-6-16)24-23-25(28)30-15-31-26(23)34(33-24)18-9-11-29-12-10-18/h2-8,13,15,18-20,29H,9-12,14H2,1H3,(H,32,35)(H2,28,30,31). The zero-order valence-corrected chi connectivity index (χ0v) is 20.1. The van der Waals surface area contributed by atoms with Crippen LogP contribution in [0, 0.1) is 5.92 Å². The smallest absolute Gasteiger partial charge is 0.228 e. The summed E-state index contributed by atoms with van der Waals surface area (Å²) < 4.78 is 7.65. The first kappa shape index (κ1) is 22.5. The number of nitrogens with one attached hydrogen (secondary N) is 2. The zero-order valence-electron chi connectivity index (χ0n) is 20.1. The molecule has 1 aliphatic carbocycles. The summed E-state index contributed by atoms with van der Waals surface area (Å²) in [7, 11) is 1.60. The van der Waals surface area contributed by atoms with Crippen LogP contribution in [0.25, 0.3) is 22.3 Å². The first-order valence-electron chi connectivity index (χ1n) is 12.4. The number of piperidine rings is 1. The van der Waals surface area contributed by atoms with E-state index in [0.717, 1.165) is 48.9 Å². The second kappa shape index (κ2) is 9.23. The van der Waals surface area contributed by atoms with Crippen molar-refractivity contribution in [2.75, 3.05) is 31.2 Å². The van der Waals surface area contributed by atoms with E-state index in [1.807, 2.05) is 41.1 Å². The van der Waals surface area contributed by atoms with E-state index in [1.54, 1.807) is 7.11 Å². The van der Waals surface area contributed by atoms with Crippen molar-refractivity contribution in [3.05, 3.63) is 60.4 Å². The molecule has 3 heterocycles. The molecular weight excluding hydrogens is 454 g/mol. The molecule has 2 aromatic heterocycles. The Labute approximate surface area is 209 Å². The number of rotatable bonds is 6. The molecule has 36 heavy (non-hydrogen) atoms. The molecule has 0 radical (unpaired) electrons. The lowest BCUT2D eigenvalue weighted by atomic mass is 10.1. The van der Waals surface area contributed by atoms with Crippen LogP contribution in [0.4, 0.5) is 11.5 Å².